The summed E-state index contributed by atoms with van der Waals surface area (Å²) in [6.07, 6.45) is 0. The van der Waals surface area contributed by atoms with Crippen molar-refractivity contribution in [3.8, 4) is 0 Å². The van der Waals surface area contributed by atoms with Gasteiger partial charge in [-0.1, -0.05) is 12.1 Å². The summed E-state index contributed by atoms with van der Waals surface area (Å²) in [6, 6.07) is 6.16. The Hall–Kier alpha value is -1.12. The fraction of sp³-hybridized carbons (Fsp3) is 0.222. The van der Waals surface area contributed by atoms with Crippen LogP contribution in [0.4, 0.5) is 0 Å². The van der Waals surface area contributed by atoms with Crippen LogP contribution in [0.15, 0.2) is 24.3 Å². The molecule has 1 aromatic rings. The van der Waals surface area contributed by atoms with E-state index in [0.717, 1.165) is 0 Å². The predicted molar refractivity (Wildman–Crippen MR) is 53.3 cm³/mol. The average molecular weight is 214 g/mol. The maximum atomic E-state index is 11.3. The van der Waals surface area contributed by atoms with Crippen LogP contribution in [0.5, 0.6) is 0 Å². The molecule has 0 aliphatic carbocycles. The Balaban J connectivity index is 3.07. The number of benzene rings is 1. The minimum absolute atomic E-state index is 0.149. The molecule has 1 aromatic carbocycles. The Labute approximate surface area is 82.4 Å². The number of ether oxygens (including phenoxy) is 1. The maximum absolute atomic E-state index is 11.3. The van der Waals surface area contributed by atoms with Gasteiger partial charge in [0.1, 0.15) is 0 Å². The van der Waals surface area contributed by atoms with Crippen LogP contribution in [0, 0.1) is 0 Å². The molecule has 0 saturated heterocycles. The number of carbonyl (C=O) groups is 1. The molecule has 1 unspecified atom stereocenters. The number of rotatable bonds is 3. The molecule has 0 aliphatic rings. The van der Waals surface area contributed by atoms with Gasteiger partial charge in [-0.25, -0.2) is 4.79 Å². The maximum Gasteiger partial charge on any atom is 0.338 e. The van der Waals surface area contributed by atoms with Crippen molar-refractivity contribution in [1.29, 1.82) is 0 Å². The minimum Gasteiger partial charge on any atom is -0.462 e. The molecule has 0 aliphatic heterocycles. The Morgan fingerprint density at radius 2 is 2.14 bits per heavy atom. The van der Waals surface area contributed by atoms with E-state index in [1.165, 1.54) is 12.1 Å². The van der Waals surface area contributed by atoms with Gasteiger partial charge in [0.05, 0.1) is 12.2 Å². The van der Waals surface area contributed by atoms with Crippen molar-refractivity contribution in [2.75, 3.05) is 6.61 Å². The van der Waals surface area contributed by atoms with E-state index in [-0.39, 0.29) is 17.5 Å². The Kier molecular flexibility index (Phi) is 3.86. The van der Waals surface area contributed by atoms with E-state index in [1.807, 2.05) is 0 Å². The third kappa shape index (κ3) is 2.44. The molecule has 0 amide bonds. The lowest BCUT2D eigenvalue weighted by Crippen LogP contribution is -2.14. The monoisotopic (exact) mass is 214 g/mol. The molecule has 76 valence electrons. The third-order valence-corrected chi connectivity index (χ3v) is 2.55. The van der Waals surface area contributed by atoms with Crippen molar-refractivity contribution in [3.63, 3.8) is 0 Å². The van der Waals surface area contributed by atoms with Crippen molar-refractivity contribution in [2.45, 2.75) is 6.92 Å². The molecule has 0 bridgehead atoms. The second-order valence-corrected chi connectivity index (χ2v) is 3.72. The van der Waals surface area contributed by atoms with E-state index in [2.05, 4.69) is 0 Å². The molecule has 5 heteroatoms. The van der Waals surface area contributed by atoms with E-state index in [9.17, 15) is 9.36 Å². The van der Waals surface area contributed by atoms with E-state index in [1.54, 1.807) is 19.1 Å². The first-order valence-corrected chi connectivity index (χ1v) is 5.51. The second-order valence-electron chi connectivity index (χ2n) is 2.57. The molecule has 1 rings (SSSR count). The smallest absolute Gasteiger partial charge is 0.338 e. The van der Waals surface area contributed by atoms with Gasteiger partial charge in [0.25, 0.3) is 0 Å². The van der Waals surface area contributed by atoms with Crippen LogP contribution in [0.1, 0.15) is 17.3 Å². The first-order chi connectivity index (χ1) is 6.66. The summed E-state index contributed by atoms with van der Waals surface area (Å²) in [5.74, 6) is -0.560. The SMILES string of the molecule is CCOC(=O)c1ccccc1[PH](=O)O. The van der Waals surface area contributed by atoms with E-state index < -0.39 is 14.0 Å². The molecule has 14 heavy (non-hydrogen) atoms. The van der Waals surface area contributed by atoms with Gasteiger partial charge in [0, 0.05) is 5.30 Å². The van der Waals surface area contributed by atoms with Crippen molar-refractivity contribution in [3.05, 3.63) is 29.8 Å². The highest BCUT2D eigenvalue weighted by atomic mass is 31.1. The van der Waals surface area contributed by atoms with Crippen molar-refractivity contribution in [1.82, 2.24) is 0 Å². The lowest BCUT2D eigenvalue weighted by molar-refractivity contribution is 0.0528. The summed E-state index contributed by atoms with van der Waals surface area (Å²) in [5.41, 5.74) is 0.167. The van der Waals surface area contributed by atoms with Gasteiger partial charge < -0.3 is 9.63 Å². The summed E-state index contributed by atoms with van der Waals surface area (Å²) < 4.78 is 15.7. The Bertz CT molecular complexity index is 362. The number of hydrogen-bond donors (Lipinski definition) is 1. The third-order valence-electron chi connectivity index (χ3n) is 1.65. The molecule has 1 atom stereocenters. The fourth-order valence-electron chi connectivity index (χ4n) is 1.06. The summed E-state index contributed by atoms with van der Waals surface area (Å²) >= 11 is 0. The Morgan fingerprint density at radius 1 is 1.50 bits per heavy atom. The van der Waals surface area contributed by atoms with Crippen LogP contribution in [0.25, 0.3) is 0 Å². The number of esters is 1. The second kappa shape index (κ2) is 4.94. The first-order valence-electron chi connectivity index (χ1n) is 4.16. The topological polar surface area (TPSA) is 63.6 Å². The number of hydrogen-bond acceptors (Lipinski definition) is 3. The highest BCUT2D eigenvalue weighted by Crippen LogP contribution is 2.16. The zero-order valence-corrected chi connectivity index (χ0v) is 8.69. The lowest BCUT2D eigenvalue weighted by Gasteiger charge is -2.05. The summed E-state index contributed by atoms with van der Waals surface area (Å²) in [5, 5.41) is 0.149. The molecular formula is C9H11O4P. The van der Waals surface area contributed by atoms with Crippen LogP contribution in [-0.4, -0.2) is 17.5 Å². The van der Waals surface area contributed by atoms with Gasteiger partial charge in [0.2, 0.25) is 8.03 Å². The largest absolute Gasteiger partial charge is 0.462 e. The van der Waals surface area contributed by atoms with Gasteiger partial charge in [-0.2, -0.15) is 0 Å². The van der Waals surface area contributed by atoms with Crippen molar-refractivity contribution in [2.24, 2.45) is 0 Å². The molecule has 0 spiro atoms. The zero-order chi connectivity index (χ0) is 10.6. The molecule has 0 heterocycles. The molecular weight excluding hydrogens is 203 g/mol. The van der Waals surface area contributed by atoms with Crippen LogP contribution >= 0.6 is 8.03 Å². The highest BCUT2D eigenvalue weighted by Gasteiger charge is 2.14. The summed E-state index contributed by atoms with van der Waals surface area (Å²) in [6.45, 7) is 1.93. The molecule has 0 saturated carbocycles. The lowest BCUT2D eigenvalue weighted by atomic mass is 10.2. The number of carbonyl (C=O) groups excluding carboxylic acids is 1. The fourth-order valence-corrected chi connectivity index (χ4v) is 1.71. The van der Waals surface area contributed by atoms with Gasteiger partial charge in [-0.3, -0.25) is 4.57 Å². The first kappa shape index (κ1) is 11.0. The summed E-state index contributed by atoms with van der Waals surface area (Å²) in [7, 11) is -2.86. The molecule has 0 radical (unpaired) electrons. The van der Waals surface area contributed by atoms with Gasteiger partial charge in [-0.15, -0.1) is 0 Å². The van der Waals surface area contributed by atoms with E-state index >= 15 is 0 Å². The van der Waals surface area contributed by atoms with Crippen molar-refractivity contribution >= 4 is 19.3 Å². The molecule has 0 fully saturated rings. The molecule has 0 aromatic heterocycles. The highest BCUT2D eigenvalue weighted by molar-refractivity contribution is 7.47. The van der Waals surface area contributed by atoms with Crippen LogP contribution in [0.2, 0.25) is 0 Å². The van der Waals surface area contributed by atoms with Crippen LogP contribution in [0.3, 0.4) is 0 Å². The minimum atomic E-state index is -2.86. The van der Waals surface area contributed by atoms with Gasteiger partial charge in [0.15, 0.2) is 0 Å². The van der Waals surface area contributed by atoms with Gasteiger partial charge >= 0.3 is 5.97 Å². The van der Waals surface area contributed by atoms with Crippen molar-refractivity contribution < 1.29 is 19.0 Å². The van der Waals surface area contributed by atoms with E-state index in [0.29, 0.717) is 0 Å². The van der Waals surface area contributed by atoms with Crippen LogP contribution in [-0.2, 0) is 9.30 Å². The quantitative estimate of drug-likeness (QED) is 0.601. The van der Waals surface area contributed by atoms with Gasteiger partial charge in [-0.05, 0) is 19.1 Å². The Morgan fingerprint density at radius 3 is 2.71 bits per heavy atom. The normalized spacial score (nSPS) is 12.1. The molecule has 4 nitrogen and oxygen atoms in total. The van der Waals surface area contributed by atoms with E-state index in [4.69, 9.17) is 9.63 Å². The average Bonchev–Trinajstić information content (AvgIpc) is 2.18. The predicted octanol–water partition coefficient (Wildman–Crippen LogP) is 0.956. The standard InChI is InChI=1S/C9H11O4P/c1-2-13-9(10)7-5-3-4-6-8(7)14(11)12/h3-6,14H,2H2,1H3,(H,11,12). The molecule has 1 N–H and O–H groups in total. The van der Waals surface area contributed by atoms with Crippen LogP contribution < -0.4 is 5.30 Å². The zero-order valence-electron chi connectivity index (χ0n) is 7.69. The summed E-state index contributed by atoms with van der Waals surface area (Å²) in [4.78, 5) is 20.3.